The Morgan fingerprint density at radius 1 is 1.29 bits per heavy atom. The Morgan fingerprint density at radius 3 is 2.29 bits per heavy atom. The molecular formula is C19H30O3SSi. The summed E-state index contributed by atoms with van der Waals surface area (Å²) in [5.74, 6) is 0.151. The molecule has 0 spiro atoms. The lowest BCUT2D eigenvalue weighted by Crippen LogP contribution is -2.47. The van der Waals surface area contributed by atoms with Gasteiger partial charge in [0.05, 0.1) is 16.6 Å². The lowest BCUT2D eigenvalue weighted by molar-refractivity contribution is -0.124. The summed E-state index contributed by atoms with van der Waals surface area (Å²) in [4.78, 5) is 13.2. The molecule has 0 radical (unpaired) electrons. The van der Waals surface area contributed by atoms with E-state index in [-0.39, 0.29) is 23.0 Å². The van der Waals surface area contributed by atoms with Crippen LogP contribution < -0.4 is 0 Å². The monoisotopic (exact) mass is 366 g/mol. The molecule has 0 aliphatic heterocycles. The first kappa shape index (κ1) is 21.0. The lowest BCUT2D eigenvalue weighted by atomic mass is 10.2. The quantitative estimate of drug-likeness (QED) is 0.497. The van der Waals surface area contributed by atoms with E-state index in [4.69, 9.17) is 4.43 Å². The van der Waals surface area contributed by atoms with Crippen molar-refractivity contribution in [3.05, 3.63) is 42.5 Å². The largest absolute Gasteiger partial charge is 0.406 e. The number of hydrogen-bond acceptors (Lipinski definition) is 3. The maximum atomic E-state index is 12.7. The topological polar surface area (TPSA) is 43.4 Å². The number of benzene rings is 1. The van der Waals surface area contributed by atoms with Crippen molar-refractivity contribution in [2.75, 3.05) is 5.75 Å². The van der Waals surface area contributed by atoms with Crippen molar-refractivity contribution in [1.82, 2.24) is 0 Å². The molecule has 134 valence electrons. The van der Waals surface area contributed by atoms with Gasteiger partial charge >= 0.3 is 0 Å². The van der Waals surface area contributed by atoms with Crippen LogP contribution in [0.15, 0.2) is 41.8 Å². The first-order valence-corrected chi connectivity index (χ1v) is 12.5. The van der Waals surface area contributed by atoms with E-state index in [9.17, 15) is 9.00 Å². The second-order valence-electron chi connectivity index (χ2n) is 7.65. The fourth-order valence-corrected chi connectivity index (χ4v) is 4.48. The van der Waals surface area contributed by atoms with Crippen LogP contribution in [0.4, 0.5) is 0 Å². The van der Waals surface area contributed by atoms with Crippen molar-refractivity contribution in [2.24, 2.45) is 0 Å². The molecule has 0 aliphatic rings. The summed E-state index contributed by atoms with van der Waals surface area (Å²) in [7, 11) is -3.39. The maximum Gasteiger partial charge on any atom is 0.193 e. The van der Waals surface area contributed by atoms with E-state index >= 15 is 0 Å². The fraction of sp³-hybridized carbons (Fsp3) is 0.526. The zero-order valence-electron chi connectivity index (χ0n) is 15.7. The van der Waals surface area contributed by atoms with Gasteiger partial charge in [-0.15, -0.1) is 6.58 Å². The smallest absolute Gasteiger partial charge is 0.193 e. The third kappa shape index (κ3) is 5.79. The van der Waals surface area contributed by atoms with Crippen molar-refractivity contribution < 1.29 is 13.4 Å². The van der Waals surface area contributed by atoms with Crippen molar-refractivity contribution >= 4 is 24.9 Å². The second-order valence-corrected chi connectivity index (χ2v) is 13.9. The number of carbonyl (C=O) groups excluding carboxylic acids is 1. The van der Waals surface area contributed by atoms with Gasteiger partial charge in [0.25, 0.3) is 0 Å². The van der Waals surface area contributed by atoms with Crippen molar-refractivity contribution in [3.8, 4) is 0 Å². The molecule has 0 unspecified atom stereocenters. The average Bonchev–Trinajstić information content (AvgIpc) is 2.46. The van der Waals surface area contributed by atoms with E-state index < -0.39 is 25.2 Å². The first-order valence-electron chi connectivity index (χ1n) is 8.24. The maximum absolute atomic E-state index is 12.7. The summed E-state index contributed by atoms with van der Waals surface area (Å²) in [5, 5.41) is -0.00887. The van der Waals surface area contributed by atoms with Gasteiger partial charge in [-0.1, -0.05) is 44.5 Å². The van der Waals surface area contributed by atoms with E-state index in [0.717, 1.165) is 10.5 Å². The lowest BCUT2D eigenvalue weighted by Gasteiger charge is -2.38. The summed E-state index contributed by atoms with van der Waals surface area (Å²) < 4.78 is 19.0. The standard InChI is InChI=1S/C19H30O3SSi/c1-8-9-17(20)18(22-24(6,7)19(3,4)5)14-23(21)16-12-10-15(2)11-13-16/h8,10-13,18H,1,9,14H2,2-7H3/t18-,23-/m1/s1. The number of rotatable bonds is 8. The molecule has 0 saturated carbocycles. The Labute approximate surface area is 150 Å². The molecule has 0 aliphatic carbocycles. The minimum atomic E-state index is -2.13. The Kier molecular flexibility index (Phi) is 7.32. The van der Waals surface area contributed by atoms with Gasteiger partial charge in [0.15, 0.2) is 14.1 Å². The summed E-state index contributed by atoms with van der Waals surface area (Å²) in [6.45, 7) is 16.2. The van der Waals surface area contributed by atoms with Gasteiger partial charge < -0.3 is 4.43 Å². The molecule has 0 heterocycles. The normalized spacial score (nSPS) is 14.9. The number of allylic oxidation sites excluding steroid dienone is 1. The summed E-state index contributed by atoms with van der Waals surface area (Å²) >= 11 is 0. The molecule has 0 fully saturated rings. The molecule has 0 bridgehead atoms. The van der Waals surface area contributed by atoms with Gasteiger partial charge in [-0.2, -0.15) is 0 Å². The summed E-state index contributed by atoms with van der Waals surface area (Å²) in [6.07, 6.45) is 1.18. The van der Waals surface area contributed by atoms with Gasteiger partial charge in [0.2, 0.25) is 0 Å². The van der Waals surface area contributed by atoms with Crippen molar-refractivity contribution in [3.63, 3.8) is 0 Å². The molecule has 1 rings (SSSR count). The highest BCUT2D eigenvalue weighted by molar-refractivity contribution is 7.85. The predicted molar refractivity (Wildman–Crippen MR) is 104 cm³/mol. The Morgan fingerprint density at radius 2 is 1.83 bits per heavy atom. The van der Waals surface area contributed by atoms with Gasteiger partial charge in [-0.3, -0.25) is 9.00 Å². The van der Waals surface area contributed by atoms with Crippen LogP contribution >= 0.6 is 0 Å². The number of aryl methyl sites for hydroxylation is 1. The van der Waals surface area contributed by atoms with E-state index in [1.165, 1.54) is 0 Å². The van der Waals surface area contributed by atoms with Gasteiger partial charge in [0.1, 0.15) is 6.10 Å². The van der Waals surface area contributed by atoms with Crippen LogP contribution in [0.25, 0.3) is 0 Å². The molecule has 0 aromatic heterocycles. The zero-order valence-corrected chi connectivity index (χ0v) is 17.5. The third-order valence-corrected chi connectivity index (χ3v) is 10.4. The van der Waals surface area contributed by atoms with E-state index in [2.05, 4.69) is 40.4 Å². The number of ketones is 1. The predicted octanol–water partition coefficient (Wildman–Crippen LogP) is 4.64. The van der Waals surface area contributed by atoms with E-state index in [1.54, 1.807) is 6.08 Å². The molecule has 2 atom stereocenters. The highest BCUT2D eigenvalue weighted by Crippen LogP contribution is 2.37. The van der Waals surface area contributed by atoms with Crippen LogP contribution in [0, 0.1) is 6.92 Å². The second kappa shape index (κ2) is 8.36. The molecule has 0 N–H and O–H groups in total. The Hall–Kier alpha value is -1.04. The number of carbonyl (C=O) groups is 1. The van der Waals surface area contributed by atoms with Crippen LogP contribution in [0.3, 0.4) is 0 Å². The third-order valence-electron chi connectivity index (χ3n) is 4.53. The van der Waals surface area contributed by atoms with E-state index in [0.29, 0.717) is 0 Å². The van der Waals surface area contributed by atoms with E-state index in [1.807, 2.05) is 31.2 Å². The van der Waals surface area contributed by atoms with Crippen molar-refractivity contribution in [2.45, 2.75) is 63.2 Å². The zero-order chi connectivity index (χ0) is 18.5. The van der Waals surface area contributed by atoms with Gasteiger partial charge in [-0.05, 0) is 37.2 Å². The number of hydrogen-bond donors (Lipinski definition) is 0. The van der Waals surface area contributed by atoms with Gasteiger partial charge in [-0.25, -0.2) is 0 Å². The fourth-order valence-electron chi connectivity index (χ4n) is 1.92. The highest BCUT2D eigenvalue weighted by Gasteiger charge is 2.40. The average molecular weight is 367 g/mol. The minimum absolute atomic E-state index is 0.00887. The molecule has 0 amide bonds. The summed E-state index contributed by atoms with van der Waals surface area (Å²) in [5.41, 5.74) is 1.12. The molecule has 1 aromatic carbocycles. The van der Waals surface area contributed by atoms with Crippen LogP contribution in [-0.4, -0.2) is 30.2 Å². The molecular weight excluding hydrogens is 336 g/mol. The minimum Gasteiger partial charge on any atom is -0.406 e. The number of Topliss-reactive ketones (excluding diaryl/α,β-unsaturated/α-hetero) is 1. The van der Waals surface area contributed by atoms with Gasteiger partial charge in [0, 0.05) is 11.3 Å². The molecule has 5 heteroatoms. The highest BCUT2D eigenvalue weighted by atomic mass is 32.2. The van der Waals surface area contributed by atoms with Crippen molar-refractivity contribution in [1.29, 1.82) is 0 Å². The van der Waals surface area contributed by atoms with Crippen LogP contribution in [0.1, 0.15) is 32.8 Å². The van der Waals surface area contributed by atoms with Crippen LogP contribution in [0.5, 0.6) is 0 Å². The molecule has 3 nitrogen and oxygen atoms in total. The molecule has 0 saturated heterocycles. The summed E-state index contributed by atoms with van der Waals surface area (Å²) in [6, 6.07) is 7.57. The Bertz CT molecular complexity index is 600. The Balaban J connectivity index is 2.98. The van der Waals surface area contributed by atoms with Crippen LogP contribution in [0.2, 0.25) is 18.1 Å². The molecule has 1 aromatic rings. The van der Waals surface area contributed by atoms with Crippen LogP contribution in [-0.2, 0) is 20.0 Å². The SMILES string of the molecule is C=CCC(=O)[C@@H](C[S@@](=O)c1ccc(C)cc1)O[Si](C)(C)C(C)(C)C. The first-order chi connectivity index (χ1) is 11.0. The molecule has 24 heavy (non-hydrogen) atoms.